The number of pyridine rings is 1. The third-order valence-electron chi connectivity index (χ3n) is 5.34. The van der Waals surface area contributed by atoms with Crippen molar-refractivity contribution in [3.8, 4) is 11.6 Å². The van der Waals surface area contributed by atoms with Crippen LogP contribution in [0.4, 0.5) is 4.39 Å². The zero-order valence-corrected chi connectivity index (χ0v) is 19.5. The smallest absolute Gasteiger partial charge is 0.257 e. The Kier molecular flexibility index (Phi) is 8.50. The summed E-state index contributed by atoms with van der Waals surface area (Å²) < 4.78 is 19.7. The van der Waals surface area contributed by atoms with Crippen LogP contribution in [-0.2, 0) is 4.79 Å². The summed E-state index contributed by atoms with van der Waals surface area (Å²) in [7, 11) is 0. The van der Waals surface area contributed by atoms with Crippen molar-refractivity contribution in [2.45, 2.75) is 62.9 Å². The van der Waals surface area contributed by atoms with E-state index in [9.17, 15) is 14.0 Å². The third-order valence-corrected chi connectivity index (χ3v) is 6.06. The van der Waals surface area contributed by atoms with Gasteiger partial charge in [0, 0.05) is 23.4 Å². The molecule has 172 valence electrons. The molecular formula is C24H30FN3O3S. The molecule has 1 heterocycles. The van der Waals surface area contributed by atoms with Gasteiger partial charge in [0.1, 0.15) is 17.1 Å². The zero-order chi connectivity index (χ0) is 23.1. The van der Waals surface area contributed by atoms with Gasteiger partial charge in [0.05, 0.1) is 6.20 Å². The van der Waals surface area contributed by atoms with Crippen LogP contribution in [0.3, 0.4) is 0 Å². The van der Waals surface area contributed by atoms with E-state index in [1.54, 1.807) is 17.8 Å². The lowest BCUT2D eigenvalue weighted by Gasteiger charge is -2.30. The quantitative estimate of drug-likeness (QED) is 0.547. The van der Waals surface area contributed by atoms with Gasteiger partial charge < -0.3 is 15.4 Å². The van der Waals surface area contributed by atoms with Gasteiger partial charge in [-0.05, 0) is 62.1 Å². The number of hydrogen-bond donors (Lipinski definition) is 2. The molecule has 1 aliphatic rings. The Balaban J connectivity index is 1.60. The monoisotopic (exact) mass is 459 g/mol. The number of carbonyl (C=O) groups is 2. The molecule has 1 saturated carbocycles. The van der Waals surface area contributed by atoms with Crippen molar-refractivity contribution >= 4 is 23.6 Å². The van der Waals surface area contributed by atoms with E-state index >= 15 is 0 Å². The summed E-state index contributed by atoms with van der Waals surface area (Å²) in [5.74, 6) is -0.0209. The molecule has 0 atom stereocenters. The number of ether oxygens (including phenoxy) is 1. The van der Waals surface area contributed by atoms with Crippen LogP contribution in [-0.4, -0.2) is 35.1 Å². The van der Waals surface area contributed by atoms with Crippen molar-refractivity contribution in [1.29, 1.82) is 0 Å². The van der Waals surface area contributed by atoms with E-state index in [4.69, 9.17) is 4.74 Å². The number of aromatic nitrogens is 1. The summed E-state index contributed by atoms with van der Waals surface area (Å²) in [6.07, 6.45) is 6.59. The van der Waals surface area contributed by atoms with Crippen LogP contribution < -0.4 is 15.4 Å². The number of halogens is 1. The van der Waals surface area contributed by atoms with Crippen LogP contribution in [0.5, 0.6) is 11.6 Å². The second-order valence-electron chi connectivity index (χ2n) is 8.47. The van der Waals surface area contributed by atoms with E-state index in [0.717, 1.165) is 42.8 Å². The Morgan fingerprint density at radius 3 is 2.50 bits per heavy atom. The Bertz CT molecular complexity index is 946. The molecule has 32 heavy (non-hydrogen) atoms. The summed E-state index contributed by atoms with van der Waals surface area (Å²) in [5.41, 5.74) is 0.0620. The van der Waals surface area contributed by atoms with Gasteiger partial charge in [-0.15, -0.1) is 11.8 Å². The highest BCUT2D eigenvalue weighted by atomic mass is 32.2. The SMILES string of the molecule is CSc1cccc(Oc2ncc(F)cc2C(=O)NC2CCC(NC(=O)CC(C)C)CC2)c1. The van der Waals surface area contributed by atoms with Crippen molar-refractivity contribution in [1.82, 2.24) is 15.6 Å². The van der Waals surface area contributed by atoms with E-state index in [0.29, 0.717) is 18.1 Å². The maximum Gasteiger partial charge on any atom is 0.257 e. The van der Waals surface area contributed by atoms with Crippen LogP contribution in [0, 0.1) is 11.7 Å². The summed E-state index contributed by atoms with van der Waals surface area (Å²) in [6.45, 7) is 4.04. The first kappa shape index (κ1) is 24.0. The molecule has 0 spiro atoms. The minimum absolute atomic E-state index is 0.0447. The van der Waals surface area contributed by atoms with Crippen LogP contribution >= 0.6 is 11.8 Å². The lowest BCUT2D eigenvalue weighted by atomic mass is 9.90. The number of benzene rings is 1. The number of nitrogens with one attached hydrogen (secondary N) is 2. The molecule has 1 aromatic carbocycles. The first-order chi connectivity index (χ1) is 15.3. The second kappa shape index (κ2) is 11.3. The van der Waals surface area contributed by atoms with Gasteiger partial charge in [0.25, 0.3) is 5.91 Å². The first-order valence-corrected chi connectivity index (χ1v) is 12.1. The maximum absolute atomic E-state index is 13.9. The number of amides is 2. The minimum atomic E-state index is -0.600. The fourth-order valence-corrected chi connectivity index (χ4v) is 4.20. The normalized spacial score (nSPS) is 18.3. The summed E-state index contributed by atoms with van der Waals surface area (Å²) in [6, 6.07) is 8.64. The summed E-state index contributed by atoms with van der Waals surface area (Å²) in [5, 5.41) is 6.05. The summed E-state index contributed by atoms with van der Waals surface area (Å²) >= 11 is 1.57. The topological polar surface area (TPSA) is 80.3 Å². The van der Waals surface area contributed by atoms with E-state index < -0.39 is 11.7 Å². The van der Waals surface area contributed by atoms with Crippen molar-refractivity contribution in [2.24, 2.45) is 5.92 Å². The Morgan fingerprint density at radius 1 is 1.16 bits per heavy atom. The standard InChI is InChI=1S/C24H30FN3O3S/c1-15(2)11-22(29)27-17-7-9-18(10-8-17)28-23(30)21-12-16(25)14-26-24(21)31-19-5-4-6-20(13-19)32-3/h4-6,12-15,17-18H,7-11H2,1-3H3,(H,27,29)(H,28,30). The summed E-state index contributed by atoms with van der Waals surface area (Å²) in [4.78, 5) is 29.9. The average molecular weight is 460 g/mol. The zero-order valence-electron chi connectivity index (χ0n) is 18.7. The molecule has 0 aliphatic heterocycles. The van der Waals surface area contributed by atoms with E-state index in [1.807, 2.05) is 38.3 Å². The molecule has 0 bridgehead atoms. The van der Waals surface area contributed by atoms with Crippen LogP contribution in [0.25, 0.3) is 0 Å². The molecule has 3 rings (SSSR count). The molecule has 2 aromatic rings. The molecule has 1 aliphatic carbocycles. The number of thioether (sulfide) groups is 1. The van der Waals surface area contributed by atoms with Crippen LogP contribution in [0.2, 0.25) is 0 Å². The molecule has 2 amide bonds. The van der Waals surface area contributed by atoms with Gasteiger partial charge in [-0.2, -0.15) is 0 Å². The van der Waals surface area contributed by atoms with Crippen molar-refractivity contribution in [3.63, 3.8) is 0 Å². The Morgan fingerprint density at radius 2 is 1.84 bits per heavy atom. The van der Waals surface area contributed by atoms with Gasteiger partial charge in [-0.3, -0.25) is 9.59 Å². The average Bonchev–Trinajstić information content (AvgIpc) is 2.76. The maximum atomic E-state index is 13.9. The van der Waals surface area contributed by atoms with Crippen LogP contribution in [0.1, 0.15) is 56.3 Å². The minimum Gasteiger partial charge on any atom is -0.438 e. The Labute approximate surface area is 192 Å². The molecule has 0 unspecified atom stereocenters. The van der Waals surface area contributed by atoms with Gasteiger partial charge in [0.2, 0.25) is 11.8 Å². The van der Waals surface area contributed by atoms with Crippen molar-refractivity contribution < 1.29 is 18.7 Å². The van der Waals surface area contributed by atoms with E-state index in [1.165, 1.54) is 0 Å². The molecule has 2 N–H and O–H groups in total. The number of hydrogen-bond acceptors (Lipinski definition) is 5. The molecule has 1 aromatic heterocycles. The molecule has 1 fully saturated rings. The van der Waals surface area contributed by atoms with Crippen LogP contribution in [0.15, 0.2) is 41.4 Å². The number of rotatable bonds is 8. The number of nitrogens with zero attached hydrogens (tertiary/aromatic N) is 1. The van der Waals surface area contributed by atoms with E-state index in [-0.39, 0.29) is 29.4 Å². The Hall–Kier alpha value is -2.61. The predicted octanol–water partition coefficient (Wildman–Crippen LogP) is 4.94. The lowest BCUT2D eigenvalue weighted by molar-refractivity contribution is -0.122. The first-order valence-electron chi connectivity index (χ1n) is 10.9. The fraction of sp³-hybridized carbons (Fsp3) is 0.458. The van der Waals surface area contributed by atoms with Crippen molar-refractivity contribution in [3.05, 3.63) is 47.9 Å². The molecule has 0 saturated heterocycles. The number of carbonyl (C=O) groups excluding carboxylic acids is 2. The molecule has 0 radical (unpaired) electrons. The predicted molar refractivity (Wildman–Crippen MR) is 124 cm³/mol. The highest BCUT2D eigenvalue weighted by Gasteiger charge is 2.25. The molecule has 6 nitrogen and oxygen atoms in total. The largest absolute Gasteiger partial charge is 0.438 e. The third kappa shape index (κ3) is 6.95. The van der Waals surface area contributed by atoms with Crippen molar-refractivity contribution in [2.75, 3.05) is 6.26 Å². The highest BCUT2D eigenvalue weighted by molar-refractivity contribution is 7.98. The van der Waals surface area contributed by atoms with E-state index in [2.05, 4.69) is 15.6 Å². The van der Waals surface area contributed by atoms with Gasteiger partial charge in [-0.1, -0.05) is 19.9 Å². The molecular weight excluding hydrogens is 429 g/mol. The molecule has 8 heteroatoms. The van der Waals surface area contributed by atoms with Gasteiger partial charge in [-0.25, -0.2) is 9.37 Å². The fourth-order valence-electron chi connectivity index (χ4n) is 3.75. The lowest BCUT2D eigenvalue weighted by Crippen LogP contribution is -2.44. The highest BCUT2D eigenvalue weighted by Crippen LogP contribution is 2.28. The van der Waals surface area contributed by atoms with Gasteiger partial charge in [0.15, 0.2) is 0 Å². The second-order valence-corrected chi connectivity index (χ2v) is 9.35. The van der Waals surface area contributed by atoms with Gasteiger partial charge >= 0.3 is 0 Å².